The molecule has 1 rings (SSSR count). The Kier molecular flexibility index (Phi) is 30.5. The number of thioether (sulfide) groups is 1. The molecule has 1 amide bonds. The molecule has 1 atom stereocenters. The van der Waals surface area contributed by atoms with E-state index in [9.17, 15) is 4.79 Å². The predicted molar refractivity (Wildman–Crippen MR) is 199 cm³/mol. The van der Waals surface area contributed by atoms with Crippen LogP contribution in [0.4, 0.5) is 4.79 Å². The highest BCUT2D eigenvalue weighted by Gasteiger charge is 2.26. The summed E-state index contributed by atoms with van der Waals surface area (Å²) in [6, 6.07) is 0. The van der Waals surface area contributed by atoms with Crippen LogP contribution in [0.5, 0.6) is 0 Å². The lowest BCUT2D eigenvalue weighted by atomic mass is 10.0. The number of rotatable bonds is 30. The maximum atomic E-state index is 12.5. The molecular weight excluding hydrogens is 653 g/mol. The molecule has 1 aromatic rings. The van der Waals surface area contributed by atoms with Crippen molar-refractivity contribution in [1.29, 1.82) is 0 Å². The first kappa shape index (κ1) is 46.1. The second-order valence-corrected chi connectivity index (χ2v) is 16.8. The molecule has 47 heavy (non-hydrogen) atoms. The molecular formula is C36H70N2O6S3. The monoisotopic (exact) mass is 722 g/mol. The topological polar surface area (TPSA) is 99.9 Å². The van der Waals surface area contributed by atoms with Crippen LogP contribution in [0.25, 0.3) is 0 Å². The van der Waals surface area contributed by atoms with Gasteiger partial charge in [0.05, 0.1) is 26.9 Å². The van der Waals surface area contributed by atoms with Crippen LogP contribution < -0.4 is 4.57 Å². The van der Waals surface area contributed by atoms with Gasteiger partial charge in [-0.25, -0.2) is 13.2 Å². The molecule has 0 N–H and O–H groups in total. The molecule has 1 aromatic heterocycles. The fourth-order valence-corrected chi connectivity index (χ4v) is 6.19. The van der Waals surface area contributed by atoms with Gasteiger partial charge in [-0.1, -0.05) is 127 Å². The van der Waals surface area contributed by atoms with Gasteiger partial charge in [0.15, 0.2) is 6.20 Å². The number of unbranched alkanes of at least 4 members (excludes halogenated alkanes) is 19. The third-order valence-electron chi connectivity index (χ3n) is 8.29. The van der Waals surface area contributed by atoms with Gasteiger partial charge in [-0.05, 0) is 32.4 Å². The van der Waals surface area contributed by atoms with Gasteiger partial charge in [-0.3, -0.25) is 0 Å². The summed E-state index contributed by atoms with van der Waals surface area (Å²) in [5.74, 6) is 0. The van der Waals surface area contributed by atoms with Crippen LogP contribution in [0.1, 0.15) is 149 Å². The standard InChI is InChI=1S/C35H67N2O3S2.CH4O3S/c1-5-6-7-8-9-10-11-12-13-14-15-16-17-18-20-23-26-36(3)34(38)40-32-35(2,41-4)31-39-29-25-22-19-21-24-27-37-28-30-42-33-37;1-5(2,3)4/h28,30,33H,5-27,29,31-32H2,1-4H3;1H3,(H,2,3,4)/q+1;/p-1. The van der Waals surface area contributed by atoms with Gasteiger partial charge < -0.3 is 18.9 Å². The molecule has 0 aliphatic carbocycles. The van der Waals surface area contributed by atoms with Crippen LogP contribution in [0.2, 0.25) is 0 Å². The van der Waals surface area contributed by atoms with E-state index in [1.54, 1.807) is 28.0 Å². The first-order chi connectivity index (χ1) is 22.5. The minimum atomic E-state index is -3.92. The quantitative estimate of drug-likeness (QED) is 0.0443. The lowest BCUT2D eigenvalue weighted by Crippen LogP contribution is -2.37. The van der Waals surface area contributed by atoms with Crippen molar-refractivity contribution >= 4 is 39.3 Å². The number of hydrogen-bond acceptors (Lipinski definition) is 8. The third-order valence-corrected chi connectivity index (χ3v) is 10.2. The highest BCUT2D eigenvalue weighted by molar-refractivity contribution is 8.00. The highest BCUT2D eigenvalue weighted by atomic mass is 32.2. The van der Waals surface area contributed by atoms with Gasteiger partial charge in [-0.2, -0.15) is 16.3 Å². The summed E-state index contributed by atoms with van der Waals surface area (Å²) < 4.78 is 41.0. The molecule has 11 heteroatoms. The molecule has 0 radical (unpaired) electrons. The molecule has 0 saturated carbocycles. The van der Waals surface area contributed by atoms with Crippen molar-refractivity contribution in [3.8, 4) is 0 Å². The third kappa shape index (κ3) is 33.4. The number of carbonyl (C=O) groups excluding carboxylic acids is 1. The van der Waals surface area contributed by atoms with Crippen molar-refractivity contribution in [2.75, 3.05) is 45.9 Å². The average molecular weight is 723 g/mol. The van der Waals surface area contributed by atoms with Crippen molar-refractivity contribution in [2.45, 2.75) is 160 Å². The molecule has 0 saturated heterocycles. The smallest absolute Gasteiger partial charge is 0.409 e. The summed E-state index contributed by atoms with van der Waals surface area (Å²) in [7, 11) is -2.06. The zero-order valence-corrected chi connectivity index (χ0v) is 33.1. The van der Waals surface area contributed by atoms with Crippen molar-refractivity contribution in [3.63, 3.8) is 0 Å². The molecule has 0 fully saturated rings. The molecule has 0 aliphatic heterocycles. The molecule has 0 aromatic carbocycles. The van der Waals surface area contributed by atoms with E-state index in [0.29, 0.717) is 19.5 Å². The second-order valence-electron chi connectivity index (χ2n) is 13.2. The molecule has 0 aliphatic rings. The van der Waals surface area contributed by atoms with Gasteiger partial charge in [-0.15, -0.1) is 0 Å². The summed E-state index contributed by atoms with van der Waals surface area (Å²) in [6.07, 6.45) is 32.5. The Balaban J connectivity index is 0.00000391. The Morgan fingerprint density at radius 2 is 1.30 bits per heavy atom. The Morgan fingerprint density at radius 1 is 0.830 bits per heavy atom. The second kappa shape index (κ2) is 31.1. The fraction of sp³-hybridized carbons (Fsp3) is 0.889. The van der Waals surface area contributed by atoms with Gasteiger partial charge in [0.2, 0.25) is 5.51 Å². The van der Waals surface area contributed by atoms with Gasteiger partial charge >= 0.3 is 6.09 Å². The van der Waals surface area contributed by atoms with Crippen LogP contribution >= 0.6 is 23.1 Å². The number of ether oxygens (including phenoxy) is 2. The van der Waals surface area contributed by atoms with Gasteiger partial charge in [0, 0.05) is 32.9 Å². The van der Waals surface area contributed by atoms with Crippen molar-refractivity contribution in [3.05, 3.63) is 17.1 Å². The Bertz CT molecular complexity index is 925. The van der Waals surface area contributed by atoms with Crippen LogP contribution in [-0.2, 0) is 26.1 Å². The molecule has 8 nitrogen and oxygen atoms in total. The predicted octanol–water partition coefficient (Wildman–Crippen LogP) is 9.62. The zero-order valence-electron chi connectivity index (χ0n) is 30.7. The average Bonchev–Trinajstić information content (AvgIpc) is 3.55. The molecule has 0 spiro atoms. The molecule has 1 unspecified atom stereocenters. The Labute approximate surface area is 297 Å². The summed E-state index contributed by atoms with van der Waals surface area (Å²) in [5, 5.41) is 2.13. The summed E-state index contributed by atoms with van der Waals surface area (Å²) in [4.78, 5) is 14.3. The number of aryl methyl sites for hydroxylation is 1. The number of nitrogens with zero attached hydrogens (tertiary/aromatic N) is 2. The van der Waals surface area contributed by atoms with Crippen LogP contribution in [0, 0.1) is 0 Å². The van der Waals surface area contributed by atoms with E-state index in [-0.39, 0.29) is 10.8 Å². The van der Waals surface area contributed by atoms with E-state index in [4.69, 9.17) is 22.4 Å². The fourth-order valence-electron chi connectivity index (χ4n) is 5.18. The Morgan fingerprint density at radius 3 is 1.77 bits per heavy atom. The normalized spacial score (nSPS) is 12.7. The first-order valence-electron chi connectivity index (χ1n) is 18.3. The maximum Gasteiger partial charge on any atom is 0.409 e. The van der Waals surface area contributed by atoms with Crippen molar-refractivity contribution in [2.24, 2.45) is 0 Å². The Hall–Kier alpha value is -0.880. The SMILES string of the molecule is CCCCCCCCCCCCCCCCCCN(C)C(=O)OCC(C)(COCCCCCCC[n+]1ccsc1)SC.CS(=O)(=O)[O-]. The van der Waals surface area contributed by atoms with E-state index in [0.717, 1.165) is 32.5 Å². The van der Waals surface area contributed by atoms with Gasteiger partial charge in [0.25, 0.3) is 0 Å². The minimum Gasteiger partial charge on any atom is -0.748 e. The summed E-state index contributed by atoms with van der Waals surface area (Å²) in [5.41, 5.74) is 2.17. The van der Waals surface area contributed by atoms with Gasteiger partial charge in [0.1, 0.15) is 13.2 Å². The van der Waals surface area contributed by atoms with Crippen LogP contribution in [0.15, 0.2) is 17.1 Å². The molecule has 1 heterocycles. The maximum absolute atomic E-state index is 12.5. The number of aromatic nitrogens is 1. The molecule has 0 bridgehead atoms. The van der Waals surface area contributed by atoms with Crippen molar-refractivity contribution < 1.29 is 31.8 Å². The number of thiazole rings is 1. The zero-order chi connectivity index (χ0) is 35.1. The lowest BCUT2D eigenvalue weighted by Gasteiger charge is -2.28. The summed E-state index contributed by atoms with van der Waals surface area (Å²) >= 11 is 3.47. The van der Waals surface area contributed by atoms with Crippen molar-refractivity contribution in [1.82, 2.24) is 4.90 Å². The van der Waals surface area contributed by atoms with E-state index in [2.05, 4.69) is 41.8 Å². The van der Waals surface area contributed by atoms with Crippen LogP contribution in [-0.4, -0.2) is 74.6 Å². The highest BCUT2D eigenvalue weighted by Crippen LogP contribution is 2.24. The van der Waals surface area contributed by atoms with E-state index in [1.807, 2.05) is 7.05 Å². The number of hydrogen-bond donors (Lipinski definition) is 0. The molecule has 278 valence electrons. The first-order valence-corrected chi connectivity index (χ1v) is 22.3. The largest absolute Gasteiger partial charge is 0.748 e. The van der Waals surface area contributed by atoms with E-state index >= 15 is 0 Å². The number of carbonyl (C=O) groups is 1. The lowest BCUT2D eigenvalue weighted by molar-refractivity contribution is -0.692. The van der Waals surface area contributed by atoms with E-state index in [1.165, 1.54) is 122 Å². The minimum absolute atomic E-state index is 0.206. The number of amides is 1. The van der Waals surface area contributed by atoms with Crippen LogP contribution in [0.3, 0.4) is 0 Å². The summed E-state index contributed by atoms with van der Waals surface area (Å²) in [6.45, 7) is 8.09. The van der Waals surface area contributed by atoms with E-state index < -0.39 is 10.1 Å².